The van der Waals surface area contributed by atoms with E-state index in [-0.39, 0.29) is 0 Å². The van der Waals surface area contributed by atoms with Crippen LogP contribution < -0.4 is 4.74 Å². The van der Waals surface area contributed by atoms with Crippen molar-refractivity contribution in [3.05, 3.63) is 29.3 Å². The number of rotatable bonds is 3. The standard InChI is InChI=1S/C10H7BrCl2O3/c11-10(13)7(9(14)15)8(10)16-6-3-1-5(12)2-4-6/h1-4,7-8H,(H,14,15). The molecular weight excluding hydrogens is 319 g/mol. The molecule has 16 heavy (non-hydrogen) atoms. The Labute approximate surface area is 110 Å². The van der Waals surface area contributed by atoms with Crippen molar-refractivity contribution in [3.63, 3.8) is 0 Å². The van der Waals surface area contributed by atoms with Crippen LogP contribution in [0.4, 0.5) is 0 Å². The second kappa shape index (κ2) is 4.09. The van der Waals surface area contributed by atoms with E-state index in [1.165, 1.54) is 0 Å². The van der Waals surface area contributed by atoms with E-state index >= 15 is 0 Å². The summed E-state index contributed by atoms with van der Waals surface area (Å²) < 4.78 is 4.44. The third-order valence-corrected chi connectivity index (χ3v) is 3.98. The van der Waals surface area contributed by atoms with Gasteiger partial charge in [0.1, 0.15) is 17.8 Å². The Balaban J connectivity index is 2.07. The maximum atomic E-state index is 10.8. The molecule has 2 rings (SSSR count). The fourth-order valence-corrected chi connectivity index (χ4v) is 2.50. The molecular formula is C10H7BrCl2O3. The van der Waals surface area contributed by atoms with Crippen LogP contribution in [0, 0.1) is 5.92 Å². The van der Waals surface area contributed by atoms with Gasteiger partial charge >= 0.3 is 5.97 Å². The quantitative estimate of drug-likeness (QED) is 0.868. The molecule has 0 amide bonds. The van der Waals surface area contributed by atoms with Crippen LogP contribution in [0.25, 0.3) is 0 Å². The monoisotopic (exact) mass is 324 g/mol. The van der Waals surface area contributed by atoms with E-state index in [0.717, 1.165) is 0 Å². The molecule has 1 aromatic rings. The molecule has 0 aliphatic heterocycles. The lowest BCUT2D eigenvalue weighted by Crippen LogP contribution is -2.07. The molecule has 0 bridgehead atoms. The minimum atomic E-state index is -1.02. The normalized spacial score (nSPS) is 32.2. The Kier molecular flexibility index (Phi) is 3.07. The molecule has 1 aliphatic rings. The number of carboxylic acid groups (broad SMARTS) is 1. The van der Waals surface area contributed by atoms with Crippen LogP contribution in [-0.2, 0) is 4.79 Å². The Morgan fingerprint density at radius 1 is 1.44 bits per heavy atom. The summed E-state index contributed by atoms with van der Waals surface area (Å²) in [5, 5.41) is 9.46. The first kappa shape index (κ1) is 12.0. The van der Waals surface area contributed by atoms with Gasteiger partial charge in [-0.15, -0.1) is 11.6 Å². The van der Waals surface area contributed by atoms with Gasteiger partial charge < -0.3 is 9.84 Å². The third kappa shape index (κ3) is 2.14. The number of hydrogen-bond acceptors (Lipinski definition) is 2. The predicted octanol–water partition coefficient (Wildman–Crippen LogP) is 3.13. The summed E-state index contributed by atoms with van der Waals surface area (Å²) in [7, 11) is 0. The van der Waals surface area contributed by atoms with Gasteiger partial charge in [0.05, 0.1) is 0 Å². The zero-order chi connectivity index (χ0) is 11.9. The van der Waals surface area contributed by atoms with Crippen LogP contribution in [0.3, 0.4) is 0 Å². The summed E-state index contributed by atoms with van der Waals surface area (Å²) in [6.45, 7) is 0. The summed E-state index contributed by atoms with van der Waals surface area (Å²) in [6, 6.07) is 6.66. The van der Waals surface area contributed by atoms with Crippen LogP contribution >= 0.6 is 39.1 Å². The predicted molar refractivity (Wildman–Crippen MR) is 64.5 cm³/mol. The van der Waals surface area contributed by atoms with Crippen molar-refractivity contribution in [3.8, 4) is 5.75 Å². The maximum Gasteiger partial charge on any atom is 0.313 e. The van der Waals surface area contributed by atoms with Gasteiger partial charge in [0.15, 0.2) is 3.78 Å². The summed E-state index contributed by atoms with van der Waals surface area (Å²) in [6.07, 6.45) is -0.576. The molecule has 0 heterocycles. The van der Waals surface area contributed by atoms with E-state index in [2.05, 4.69) is 15.9 Å². The van der Waals surface area contributed by atoms with Crippen molar-refractivity contribution in [2.24, 2.45) is 5.92 Å². The minimum Gasteiger partial charge on any atom is -0.487 e. The highest BCUT2D eigenvalue weighted by molar-refractivity contribution is 9.10. The van der Waals surface area contributed by atoms with E-state index in [9.17, 15) is 4.79 Å². The molecule has 86 valence electrons. The molecule has 1 saturated carbocycles. The second-order valence-electron chi connectivity index (χ2n) is 3.48. The Morgan fingerprint density at radius 2 is 2.00 bits per heavy atom. The van der Waals surface area contributed by atoms with Gasteiger partial charge in [-0.2, -0.15) is 0 Å². The van der Waals surface area contributed by atoms with Crippen molar-refractivity contribution in [1.29, 1.82) is 0 Å². The molecule has 1 aromatic carbocycles. The summed E-state index contributed by atoms with van der Waals surface area (Å²) in [4.78, 5) is 10.8. The Morgan fingerprint density at radius 3 is 2.44 bits per heavy atom. The highest BCUT2D eigenvalue weighted by Crippen LogP contribution is 2.56. The van der Waals surface area contributed by atoms with Crippen molar-refractivity contribution >= 4 is 45.1 Å². The molecule has 1 aliphatic carbocycles. The molecule has 3 atom stereocenters. The first-order valence-electron chi connectivity index (χ1n) is 4.46. The van der Waals surface area contributed by atoms with Gasteiger partial charge in [0.2, 0.25) is 0 Å². The average molecular weight is 326 g/mol. The number of benzene rings is 1. The zero-order valence-electron chi connectivity index (χ0n) is 7.86. The first-order chi connectivity index (χ1) is 7.43. The van der Waals surface area contributed by atoms with Crippen molar-refractivity contribution in [2.45, 2.75) is 9.89 Å². The van der Waals surface area contributed by atoms with E-state index in [0.29, 0.717) is 10.8 Å². The van der Waals surface area contributed by atoms with Crippen molar-refractivity contribution in [1.82, 2.24) is 0 Å². The third-order valence-electron chi connectivity index (χ3n) is 2.33. The number of aliphatic carboxylic acids is 1. The fraction of sp³-hybridized carbons (Fsp3) is 0.300. The van der Waals surface area contributed by atoms with Crippen molar-refractivity contribution in [2.75, 3.05) is 0 Å². The molecule has 0 spiro atoms. The van der Waals surface area contributed by atoms with Crippen LogP contribution in [0.1, 0.15) is 0 Å². The van der Waals surface area contributed by atoms with Crippen LogP contribution in [0.15, 0.2) is 24.3 Å². The number of hydrogen-bond donors (Lipinski definition) is 1. The lowest BCUT2D eigenvalue weighted by molar-refractivity contribution is -0.139. The Bertz CT molecular complexity index is 419. The second-order valence-corrected chi connectivity index (χ2v) is 6.31. The molecule has 6 heteroatoms. The fourth-order valence-electron chi connectivity index (χ4n) is 1.40. The zero-order valence-corrected chi connectivity index (χ0v) is 11.0. The van der Waals surface area contributed by atoms with Crippen LogP contribution in [0.2, 0.25) is 5.02 Å². The molecule has 0 aromatic heterocycles. The van der Waals surface area contributed by atoms with E-state index < -0.39 is 21.8 Å². The lowest BCUT2D eigenvalue weighted by atomic mass is 10.3. The Hall–Kier alpha value is -0.450. The SMILES string of the molecule is O=C(O)C1C(Oc2ccc(Cl)cc2)C1(Cl)Br. The van der Waals surface area contributed by atoms with Gasteiger partial charge in [0.25, 0.3) is 0 Å². The smallest absolute Gasteiger partial charge is 0.313 e. The minimum absolute atomic E-state index is 0.544. The van der Waals surface area contributed by atoms with Gasteiger partial charge in [0, 0.05) is 5.02 Å². The highest BCUT2D eigenvalue weighted by atomic mass is 79.9. The molecule has 0 saturated heterocycles. The summed E-state index contributed by atoms with van der Waals surface area (Å²) >= 11 is 14.8. The van der Waals surface area contributed by atoms with Gasteiger partial charge in [-0.3, -0.25) is 4.79 Å². The van der Waals surface area contributed by atoms with Crippen molar-refractivity contribution < 1.29 is 14.6 Å². The lowest BCUT2D eigenvalue weighted by Gasteiger charge is -2.05. The van der Waals surface area contributed by atoms with Crippen LogP contribution in [-0.4, -0.2) is 21.0 Å². The molecule has 3 nitrogen and oxygen atoms in total. The van der Waals surface area contributed by atoms with Gasteiger partial charge in [-0.05, 0) is 24.3 Å². The highest BCUT2D eigenvalue weighted by Gasteiger charge is 2.69. The maximum absolute atomic E-state index is 10.8. The summed E-state index contributed by atoms with van der Waals surface area (Å²) in [5.41, 5.74) is 0. The number of alkyl halides is 2. The van der Waals surface area contributed by atoms with E-state index in [1.54, 1.807) is 24.3 Å². The number of carboxylic acids is 1. The van der Waals surface area contributed by atoms with E-state index in [1.807, 2.05) is 0 Å². The average Bonchev–Trinajstić information content (AvgIpc) is 2.72. The number of carbonyl (C=O) groups is 1. The number of ether oxygens (including phenoxy) is 1. The molecule has 3 unspecified atom stereocenters. The number of halogens is 3. The van der Waals surface area contributed by atoms with Gasteiger partial charge in [-0.1, -0.05) is 27.5 Å². The molecule has 0 radical (unpaired) electrons. The summed E-state index contributed by atoms with van der Waals surface area (Å²) in [5.74, 6) is -1.18. The first-order valence-corrected chi connectivity index (χ1v) is 6.00. The largest absolute Gasteiger partial charge is 0.487 e. The van der Waals surface area contributed by atoms with Gasteiger partial charge in [-0.25, -0.2) is 0 Å². The molecule has 1 N–H and O–H groups in total. The van der Waals surface area contributed by atoms with Crippen LogP contribution in [0.5, 0.6) is 5.75 Å². The topological polar surface area (TPSA) is 46.5 Å². The van der Waals surface area contributed by atoms with E-state index in [4.69, 9.17) is 33.0 Å². The molecule has 1 fully saturated rings.